The maximum Gasteiger partial charge on any atom is 0.323 e. The summed E-state index contributed by atoms with van der Waals surface area (Å²) in [5, 5.41) is 6.13. The summed E-state index contributed by atoms with van der Waals surface area (Å²) in [5.74, 6) is 0. The van der Waals surface area contributed by atoms with E-state index >= 15 is 0 Å². The summed E-state index contributed by atoms with van der Waals surface area (Å²) < 4.78 is 0. The number of halogens is 1. The van der Waals surface area contributed by atoms with Crippen molar-refractivity contribution in [3.05, 3.63) is 57.9 Å². The highest BCUT2D eigenvalue weighted by Gasteiger charge is 2.10. The molecule has 0 bridgehead atoms. The van der Waals surface area contributed by atoms with E-state index in [1.54, 1.807) is 12.1 Å². The van der Waals surface area contributed by atoms with Gasteiger partial charge in [-0.1, -0.05) is 17.7 Å². The molecule has 1 aromatic heterocycles. The summed E-state index contributed by atoms with van der Waals surface area (Å²) in [4.78, 5) is 21.3. The Hall–Kier alpha value is -2.66. The highest BCUT2D eigenvalue weighted by atomic mass is 35.5. The average molecular weight is 355 g/mol. The number of anilines is 2. The Morgan fingerprint density at radius 1 is 0.920 bits per heavy atom. The summed E-state index contributed by atoms with van der Waals surface area (Å²) in [6, 6.07) is 8.88. The molecule has 0 spiro atoms. The molecule has 0 aliphatic carbocycles. The van der Waals surface area contributed by atoms with E-state index in [0.29, 0.717) is 16.4 Å². The first-order chi connectivity index (χ1) is 11.8. The van der Waals surface area contributed by atoms with E-state index in [1.807, 2.05) is 45.9 Å². The number of hydrogen-bond acceptors (Lipinski definition) is 3. The van der Waals surface area contributed by atoms with E-state index in [1.165, 1.54) is 0 Å². The Morgan fingerprint density at radius 3 is 2.28 bits per heavy atom. The molecule has 5 nitrogen and oxygen atoms in total. The Bertz CT molecular complexity index is 962. The molecule has 0 atom stereocenters. The number of nitrogens with one attached hydrogen (secondary N) is 2. The van der Waals surface area contributed by atoms with E-state index in [2.05, 4.69) is 20.6 Å². The zero-order valence-corrected chi connectivity index (χ0v) is 15.3. The molecule has 0 radical (unpaired) electrons. The molecular formula is C19H19ClN4O. The fraction of sp³-hybridized carbons (Fsp3) is 0.211. The summed E-state index contributed by atoms with van der Waals surface area (Å²) >= 11 is 6.23. The van der Waals surface area contributed by atoms with Gasteiger partial charge >= 0.3 is 6.03 Å². The molecule has 0 saturated carbocycles. The van der Waals surface area contributed by atoms with Gasteiger partial charge in [0.1, 0.15) is 0 Å². The highest BCUT2D eigenvalue weighted by Crippen LogP contribution is 2.27. The van der Waals surface area contributed by atoms with Crippen LogP contribution in [0.25, 0.3) is 11.0 Å². The zero-order chi connectivity index (χ0) is 18.1. The normalized spacial score (nSPS) is 10.8. The summed E-state index contributed by atoms with van der Waals surface area (Å²) in [5.41, 5.74) is 6.52. The number of amides is 2. The Morgan fingerprint density at radius 2 is 1.60 bits per heavy atom. The second-order valence-electron chi connectivity index (χ2n) is 6.12. The standard InChI is InChI=1S/C19H19ClN4O/c1-10-7-11(2)18(15(20)8-10)24-19(25)23-14-5-6-16-17(9-14)22-13(4)12(3)21-16/h5-9H,1-4H3,(H2,23,24,25). The van der Waals surface area contributed by atoms with Crippen molar-refractivity contribution in [3.8, 4) is 0 Å². The number of benzene rings is 2. The molecule has 0 aliphatic rings. The van der Waals surface area contributed by atoms with Crippen LogP contribution in [0.4, 0.5) is 16.2 Å². The monoisotopic (exact) mass is 354 g/mol. The van der Waals surface area contributed by atoms with Gasteiger partial charge in [-0.05, 0) is 63.1 Å². The van der Waals surface area contributed by atoms with E-state index in [4.69, 9.17) is 11.6 Å². The van der Waals surface area contributed by atoms with Gasteiger partial charge in [-0.3, -0.25) is 0 Å². The van der Waals surface area contributed by atoms with Gasteiger partial charge in [-0.25, -0.2) is 14.8 Å². The van der Waals surface area contributed by atoms with Crippen molar-refractivity contribution in [3.63, 3.8) is 0 Å². The molecule has 2 aromatic carbocycles. The maximum atomic E-state index is 12.3. The summed E-state index contributed by atoms with van der Waals surface area (Å²) in [7, 11) is 0. The first-order valence-electron chi connectivity index (χ1n) is 7.93. The number of aryl methyl sites for hydroxylation is 4. The van der Waals surface area contributed by atoms with Crippen molar-refractivity contribution in [2.75, 3.05) is 10.6 Å². The molecule has 2 amide bonds. The minimum absolute atomic E-state index is 0.356. The van der Waals surface area contributed by atoms with E-state index in [0.717, 1.165) is 33.5 Å². The van der Waals surface area contributed by atoms with Crippen LogP contribution in [0.3, 0.4) is 0 Å². The largest absolute Gasteiger partial charge is 0.323 e. The van der Waals surface area contributed by atoms with Crippen LogP contribution in [-0.4, -0.2) is 16.0 Å². The van der Waals surface area contributed by atoms with Crippen molar-refractivity contribution in [2.24, 2.45) is 0 Å². The van der Waals surface area contributed by atoms with Gasteiger partial charge in [-0.15, -0.1) is 0 Å². The Kier molecular flexibility index (Phi) is 4.59. The van der Waals surface area contributed by atoms with E-state index in [-0.39, 0.29) is 6.03 Å². The molecule has 3 rings (SSSR count). The van der Waals surface area contributed by atoms with Crippen LogP contribution in [0, 0.1) is 27.7 Å². The Labute approximate surface area is 151 Å². The van der Waals surface area contributed by atoms with Gasteiger partial charge in [0, 0.05) is 5.69 Å². The molecule has 0 saturated heterocycles. The second kappa shape index (κ2) is 6.69. The number of carbonyl (C=O) groups excluding carboxylic acids is 1. The van der Waals surface area contributed by atoms with Crippen LogP contribution in [0.5, 0.6) is 0 Å². The van der Waals surface area contributed by atoms with Gasteiger partial charge in [0.05, 0.1) is 33.1 Å². The highest BCUT2D eigenvalue weighted by molar-refractivity contribution is 6.34. The van der Waals surface area contributed by atoms with Crippen molar-refractivity contribution in [1.29, 1.82) is 0 Å². The first kappa shape index (κ1) is 17.2. The van der Waals surface area contributed by atoms with Crippen LogP contribution in [-0.2, 0) is 0 Å². The minimum Gasteiger partial charge on any atom is -0.308 e. The fourth-order valence-electron chi connectivity index (χ4n) is 2.66. The summed E-state index contributed by atoms with van der Waals surface area (Å²) in [6.45, 7) is 7.71. The van der Waals surface area contributed by atoms with Crippen LogP contribution < -0.4 is 10.6 Å². The fourth-order valence-corrected chi connectivity index (χ4v) is 3.03. The van der Waals surface area contributed by atoms with Gasteiger partial charge < -0.3 is 10.6 Å². The molecule has 25 heavy (non-hydrogen) atoms. The topological polar surface area (TPSA) is 66.9 Å². The SMILES string of the molecule is Cc1cc(C)c(NC(=O)Nc2ccc3nc(C)c(C)nc3c2)c(Cl)c1. The number of aromatic nitrogens is 2. The van der Waals surface area contributed by atoms with Crippen LogP contribution in [0.2, 0.25) is 5.02 Å². The maximum absolute atomic E-state index is 12.3. The van der Waals surface area contributed by atoms with E-state index in [9.17, 15) is 4.79 Å². The molecule has 0 fully saturated rings. The number of carbonyl (C=O) groups is 1. The van der Waals surface area contributed by atoms with E-state index < -0.39 is 0 Å². The zero-order valence-electron chi connectivity index (χ0n) is 14.6. The average Bonchev–Trinajstić information content (AvgIpc) is 2.52. The van der Waals surface area contributed by atoms with Gasteiger partial charge in [0.15, 0.2) is 0 Å². The number of urea groups is 1. The van der Waals surface area contributed by atoms with Crippen molar-refractivity contribution >= 4 is 40.0 Å². The smallest absolute Gasteiger partial charge is 0.308 e. The molecule has 6 heteroatoms. The third-order valence-corrected chi connectivity index (χ3v) is 4.30. The predicted molar refractivity (Wildman–Crippen MR) is 103 cm³/mol. The molecular weight excluding hydrogens is 336 g/mol. The number of rotatable bonds is 2. The predicted octanol–water partition coefficient (Wildman–Crippen LogP) is 5.16. The summed E-state index contributed by atoms with van der Waals surface area (Å²) in [6.07, 6.45) is 0. The molecule has 0 unspecified atom stereocenters. The minimum atomic E-state index is -0.356. The number of hydrogen-bond donors (Lipinski definition) is 2. The molecule has 0 aliphatic heterocycles. The molecule has 3 aromatic rings. The van der Waals surface area contributed by atoms with Crippen LogP contribution in [0.1, 0.15) is 22.5 Å². The van der Waals surface area contributed by atoms with Crippen LogP contribution >= 0.6 is 11.6 Å². The van der Waals surface area contributed by atoms with Gasteiger partial charge in [0.2, 0.25) is 0 Å². The lowest BCUT2D eigenvalue weighted by molar-refractivity contribution is 0.262. The third-order valence-electron chi connectivity index (χ3n) is 4.00. The van der Waals surface area contributed by atoms with Crippen molar-refractivity contribution in [2.45, 2.75) is 27.7 Å². The second-order valence-corrected chi connectivity index (χ2v) is 6.52. The lowest BCUT2D eigenvalue weighted by Crippen LogP contribution is -2.20. The lowest BCUT2D eigenvalue weighted by atomic mass is 10.1. The molecule has 2 N–H and O–H groups in total. The Balaban J connectivity index is 1.81. The van der Waals surface area contributed by atoms with Gasteiger partial charge in [0.25, 0.3) is 0 Å². The van der Waals surface area contributed by atoms with Crippen LogP contribution in [0.15, 0.2) is 30.3 Å². The van der Waals surface area contributed by atoms with Crippen molar-refractivity contribution < 1.29 is 4.79 Å². The third kappa shape index (κ3) is 3.72. The van der Waals surface area contributed by atoms with Crippen molar-refractivity contribution in [1.82, 2.24) is 9.97 Å². The quantitative estimate of drug-likeness (QED) is 0.667. The molecule has 1 heterocycles. The lowest BCUT2D eigenvalue weighted by Gasteiger charge is -2.13. The van der Waals surface area contributed by atoms with Gasteiger partial charge in [-0.2, -0.15) is 0 Å². The number of nitrogens with zero attached hydrogens (tertiary/aromatic N) is 2. The number of fused-ring (bicyclic) bond motifs is 1. The molecule has 128 valence electrons. The first-order valence-corrected chi connectivity index (χ1v) is 8.31.